The Bertz CT molecular complexity index is 1420. The average Bonchev–Trinajstić information content (AvgIpc) is 3.38. The normalized spacial score (nSPS) is 16.4. The van der Waals surface area contributed by atoms with Crippen LogP contribution in [0.15, 0.2) is 75.1 Å². The molecule has 2 heterocycles. The van der Waals surface area contributed by atoms with Crippen molar-refractivity contribution in [1.82, 2.24) is 30.1 Å². The molecule has 0 saturated heterocycles. The quantitative estimate of drug-likeness (QED) is 0.443. The SMILES string of the molecule is CC1=CC=C(n2cc(CN(CC3=CC(C)=C(OC(C)(C)C(=O)O)CC(C)=C3)Cc3nnc(C)o3)nn2)C=CC1. The summed E-state index contributed by atoms with van der Waals surface area (Å²) < 4.78 is 13.4. The van der Waals surface area contributed by atoms with Crippen LogP contribution < -0.4 is 0 Å². The molecule has 4 rings (SSSR count). The molecule has 2 aliphatic rings. The Kier molecular flexibility index (Phi) is 8.44. The number of carboxylic acid groups (broad SMARTS) is 1. The summed E-state index contributed by atoms with van der Waals surface area (Å²) in [5.41, 5.74) is 4.74. The fourth-order valence-corrected chi connectivity index (χ4v) is 4.33. The maximum Gasteiger partial charge on any atom is 0.347 e. The molecule has 0 atom stereocenters. The molecule has 0 spiro atoms. The topological polar surface area (TPSA) is 119 Å². The predicted octanol–water partition coefficient (Wildman–Crippen LogP) is 5.15. The lowest BCUT2D eigenvalue weighted by Gasteiger charge is -2.24. The van der Waals surface area contributed by atoms with Crippen LogP contribution in [0.1, 0.15) is 64.9 Å². The maximum absolute atomic E-state index is 11.6. The van der Waals surface area contributed by atoms with Crippen molar-refractivity contribution in [2.24, 2.45) is 0 Å². The highest BCUT2D eigenvalue weighted by atomic mass is 16.5. The zero-order chi connectivity index (χ0) is 28.2. The third-order valence-electron chi connectivity index (χ3n) is 6.40. The minimum absolute atomic E-state index is 0.431. The van der Waals surface area contributed by atoms with Crippen molar-refractivity contribution in [2.45, 2.75) is 73.1 Å². The van der Waals surface area contributed by atoms with E-state index in [1.54, 1.807) is 25.5 Å². The molecule has 0 amide bonds. The van der Waals surface area contributed by atoms with Crippen LogP contribution in [0.4, 0.5) is 0 Å². The number of aromatic nitrogens is 5. The highest BCUT2D eigenvalue weighted by Gasteiger charge is 2.31. The monoisotopic (exact) mass is 532 g/mol. The van der Waals surface area contributed by atoms with Crippen molar-refractivity contribution in [1.29, 1.82) is 0 Å². The third-order valence-corrected chi connectivity index (χ3v) is 6.40. The average molecular weight is 533 g/mol. The van der Waals surface area contributed by atoms with Gasteiger partial charge in [0.1, 0.15) is 5.76 Å². The summed E-state index contributed by atoms with van der Waals surface area (Å²) in [6.45, 7) is 12.5. The number of carboxylic acids is 1. The largest absolute Gasteiger partial charge is 0.480 e. The van der Waals surface area contributed by atoms with E-state index in [1.807, 2.05) is 32.2 Å². The van der Waals surface area contributed by atoms with Crippen LogP contribution in [0.5, 0.6) is 0 Å². The van der Waals surface area contributed by atoms with Gasteiger partial charge in [0.05, 0.1) is 24.1 Å². The maximum atomic E-state index is 11.6. The predicted molar refractivity (Wildman–Crippen MR) is 147 cm³/mol. The smallest absolute Gasteiger partial charge is 0.347 e. The number of allylic oxidation sites excluding steroid dienone is 9. The van der Waals surface area contributed by atoms with Crippen molar-refractivity contribution in [3.8, 4) is 0 Å². The molecule has 10 heteroatoms. The number of nitrogens with zero attached hydrogens (tertiary/aromatic N) is 6. The molecule has 0 aromatic carbocycles. The second-order valence-corrected chi connectivity index (χ2v) is 10.6. The van der Waals surface area contributed by atoms with E-state index in [0.29, 0.717) is 43.6 Å². The van der Waals surface area contributed by atoms with Crippen LogP contribution >= 0.6 is 0 Å². The summed E-state index contributed by atoms with van der Waals surface area (Å²) in [5, 5.41) is 26.5. The lowest BCUT2D eigenvalue weighted by Crippen LogP contribution is -2.34. The van der Waals surface area contributed by atoms with Gasteiger partial charge in [0, 0.05) is 26.4 Å². The van der Waals surface area contributed by atoms with Gasteiger partial charge in [-0.25, -0.2) is 9.48 Å². The van der Waals surface area contributed by atoms with E-state index >= 15 is 0 Å². The van der Waals surface area contributed by atoms with Gasteiger partial charge in [-0.1, -0.05) is 40.7 Å². The molecule has 2 aromatic rings. The zero-order valence-corrected chi connectivity index (χ0v) is 23.4. The lowest BCUT2D eigenvalue weighted by molar-refractivity contribution is -0.157. The Morgan fingerprint density at radius 2 is 1.87 bits per heavy atom. The van der Waals surface area contributed by atoms with E-state index < -0.39 is 11.6 Å². The van der Waals surface area contributed by atoms with Crippen LogP contribution in [0.25, 0.3) is 5.70 Å². The lowest BCUT2D eigenvalue weighted by atomic mass is 10.1. The third kappa shape index (κ3) is 7.51. The number of aliphatic carboxylic acids is 1. The summed E-state index contributed by atoms with van der Waals surface area (Å²) in [7, 11) is 0. The van der Waals surface area contributed by atoms with Gasteiger partial charge in [-0.05, 0) is 64.3 Å². The van der Waals surface area contributed by atoms with Crippen molar-refractivity contribution in [2.75, 3.05) is 6.54 Å². The number of rotatable bonds is 10. The number of hydrogen-bond acceptors (Lipinski definition) is 8. The minimum Gasteiger partial charge on any atom is -0.480 e. The van der Waals surface area contributed by atoms with E-state index in [1.165, 1.54) is 5.57 Å². The van der Waals surface area contributed by atoms with Gasteiger partial charge in [-0.15, -0.1) is 15.3 Å². The number of aryl methyl sites for hydroxylation is 1. The number of ether oxygens (including phenoxy) is 1. The van der Waals surface area contributed by atoms with Gasteiger partial charge in [-0.2, -0.15) is 0 Å². The first-order chi connectivity index (χ1) is 18.5. The Labute approximate surface area is 228 Å². The van der Waals surface area contributed by atoms with Crippen molar-refractivity contribution >= 4 is 11.7 Å². The molecule has 206 valence electrons. The number of hydrogen-bond donors (Lipinski definition) is 1. The zero-order valence-electron chi connectivity index (χ0n) is 23.4. The van der Waals surface area contributed by atoms with Crippen LogP contribution in [-0.2, 0) is 22.6 Å². The second kappa shape index (κ2) is 11.8. The fraction of sp³-hybridized carbons (Fsp3) is 0.414. The Balaban J connectivity index is 1.58. The van der Waals surface area contributed by atoms with E-state index in [-0.39, 0.29) is 0 Å². The molecule has 2 aromatic heterocycles. The van der Waals surface area contributed by atoms with Crippen LogP contribution in [0.3, 0.4) is 0 Å². The molecule has 2 aliphatic carbocycles. The molecule has 0 saturated carbocycles. The molecule has 0 aliphatic heterocycles. The summed E-state index contributed by atoms with van der Waals surface area (Å²) in [6, 6.07) is 0. The van der Waals surface area contributed by atoms with Crippen molar-refractivity contribution in [3.63, 3.8) is 0 Å². The van der Waals surface area contributed by atoms with Gasteiger partial charge in [0.2, 0.25) is 11.8 Å². The summed E-state index contributed by atoms with van der Waals surface area (Å²) >= 11 is 0. The Morgan fingerprint density at radius 3 is 2.59 bits per heavy atom. The minimum atomic E-state index is -1.32. The standard InChI is InChI=1S/C29H36N6O4/c1-19-8-7-9-25(11-10-19)35-17-24(31-33-35)16-34(18-27-32-30-22(4)38-27)15-23-12-20(2)13-26(21(3)14-23)39-29(5,6)28(36)37/h7,9-12,14,17H,8,13,15-16,18H2,1-6H3,(H,36,37). The van der Waals surface area contributed by atoms with E-state index in [0.717, 1.165) is 34.5 Å². The Hall–Kier alpha value is -4.05. The summed E-state index contributed by atoms with van der Waals surface area (Å²) in [6.07, 6.45) is 15.9. The van der Waals surface area contributed by atoms with Gasteiger partial charge in [-0.3, -0.25) is 4.90 Å². The second-order valence-electron chi connectivity index (χ2n) is 10.6. The summed E-state index contributed by atoms with van der Waals surface area (Å²) in [4.78, 5) is 13.8. The van der Waals surface area contributed by atoms with Crippen LogP contribution in [0.2, 0.25) is 0 Å². The van der Waals surface area contributed by atoms with Gasteiger partial charge in [0.15, 0.2) is 5.60 Å². The van der Waals surface area contributed by atoms with E-state index in [9.17, 15) is 9.90 Å². The Morgan fingerprint density at radius 1 is 1.08 bits per heavy atom. The molecular formula is C29H36N6O4. The first kappa shape index (κ1) is 28.0. The molecule has 39 heavy (non-hydrogen) atoms. The highest BCUT2D eigenvalue weighted by Crippen LogP contribution is 2.28. The molecule has 1 N–H and O–H groups in total. The molecule has 0 bridgehead atoms. The fourth-order valence-electron chi connectivity index (χ4n) is 4.33. The molecular weight excluding hydrogens is 496 g/mol. The highest BCUT2D eigenvalue weighted by molar-refractivity contribution is 5.76. The molecule has 0 fully saturated rings. The first-order valence-electron chi connectivity index (χ1n) is 13.0. The van der Waals surface area contributed by atoms with Crippen molar-refractivity contribution < 1.29 is 19.1 Å². The molecule has 0 radical (unpaired) electrons. The first-order valence-corrected chi connectivity index (χ1v) is 13.0. The van der Waals surface area contributed by atoms with Gasteiger partial charge >= 0.3 is 5.97 Å². The van der Waals surface area contributed by atoms with Gasteiger partial charge < -0.3 is 14.3 Å². The van der Waals surface area contributed by atoms with Gasteiger partial charge in [0.25, 0.3) is 0 Å². The molecule has 10 nitrogen and oxygen atoms in total. The van der Waals surface area contributed by atoms with Crippen molar-refractivity contribution in [3.05, 3.63) is 88.2 Å². The molecule has 0 unspecified atom stereocenters. The van der Waals surface area contributed by atoms with E-state index in [2.05, 4.69) is 56.6 Å². The van der Waals surface area contributed by atoms with Crippen LogP contribution in [-0.4, -0.2) is 53.3 Å². The van der Waals surface area contributed by atoms with E-state index in [4.69, 9.17) is 9.15 Å². The number of carbonyl (C=O) groups is 1. The summed E-state index contributed by atoms with van der Waals surface area (Å²) in [5.74, 6) is 0.678. The van der Waals surface area contributed by atoms with Crippen LogP contribution in [0, 0.1) is 6.92 Å².